The largest absolute Gasteiger partial charge is 0.392 e. The van der Waals surface area contributed by atoms with E-state index in [4.69, 9.17) is 5.11 Å². The number of aliphatic hydroxyl groups excluding tert-OH is 1. The quantitative estimate of drug-likeness (QED) is 0.824. The topological polar surface area (TPSA) is 66.4 Å². The molecule has 0 unspecified atom stereocenters. The number of nitrogens with one attached hydrogen (secondary N) is 1. The second kappa shape index (κ2) is 4.86. The Morgan fingerprint density at radius 3 is 2.31 bits per heavy atom. The lowest BCUT2D eigenvalue weighted by Crippen LogP contribution is -2.31. The number of aliphatic hydroxyl groups is 1. The average Bonchev–Trinajstić information content (AvgIpc) is 2.14. The first-order chi connectivity index (χ1) is 7.34. The number of rotatable bonds is 4. The van der Waals surface area contributed by atoms with E-state index in [1.165, 1.54) is 6.92 Å². The van der Waals surface area contributed by atoms with E-state index in [0.717, 1.165) is 18.2 Å². The standard InChI is InChI=1S/C9H11F2NO3S/c1-6(13)5-12-16(14,15)9-7(10)3-2-4-8(9)11/h2-4,6,12-13H,5H2,1H3/t6-/m0/s1. The summed E-state index contributed by atoms with van der Waals surface area (Å²) < 4.78 is 51.1. The maximum absolute atomic E-state index is 13.1. The number of sulfonamides is 1. The highest BCUT2D eigenvalue weighted by molar-refractivity contribution is 7.89. The third kappa shape index (κ3) is 2.97. The molecule has 1 aromatic rings. The molecular weight excluding hydrogens is 240 g/mol. The minimum Gasteiger partial charge on any atom is -0.392 e. The summed E-state index contributed by atoms with van der Waals surface area (Å²) in [7, 11) is -4.28. The summed E-state index contributed by atoms with van der Waals surface area (Å²) in [5.74, 6) is -2.34. The number of benzene rings is 1. The Bertz CT molecular complexity index is 453. The fourth-order valence-electron chi connectivity index (χ4n) is 1.04. The smallest absolute Gasteiger partial charge is 0.246 e. The van der Waals surface area contributed by atoms with Gasteiger partial charge >= 0.3 is 0 Å². The highest BCUT2D eigenvalue weighted by atomic mass is 32.2. The SMILES string of the molecule is C[C@H](O)CNS(=O)(=O)c1c(F)cccc1F. The molecule has 1 aromatic carbocycles. The first-order valence-electron chi connectivity index (χ1n) is 4.46. The van der Waals surface area contributed by atoms with Gasteiger partial charge in [0.2, 0.25) is 10.0 Å². The van der Waals surface area contributed by atoms with Crippen LogP contribution in [0, 0.1) is 11.6 Å². The van der Waals surface area contributed by atoms with Crippen LogP contribution in [-0.2, 0) is 10.0 Å². The van der Waals surface area contributed by atoms with E-state index in [1.54, 1.807) is 0 Å². The van der Waals surface area contributed by atoms with Crippen molar-refractivity contribution in [3.05, 3.63) is 29.8 Å². The molecule has 0 aliphatic heterocycles. The number of hydrogen-bond acceptors (Lipinski definition) is 3. The van der Waals surface area contributed by atoms with Gasteiger partial charge in [-0.25, -0.2) is 21.9 Å². The molecule has 0 aliphatic rings. The lowest BCUT2D eigenvalue weighted by atomic mass is 10.3. The van der Waals surface area contributed by atoms with Gasteiger partial charge in [0.1, 0.15) is 11.6 Å². The predicted octanol–water partition coefficient (Wildman–Crippen LogP) is 0.624. The van der Waals surface area contributed by atoms with E-state index in [0.29, 0.717) is 0 Å². The van der Waals surface area contributed by atoms with Crippen molar-refractivity contribution in [2.75, 3.05) is 6.54 Å². The van der Waals surface area contributed by atoms with Gasteiger partial charge in [0.15, 0.2) is 4.90 Å². The van der Waals surface area contributed by atoms with Gasteiger partial charge in [0.25, 0.3) is 0 Å². The third-order valence-corrected chi connectivity index (χ3v) is 3.23. The molecule has 0 spiro atoms. The minimum absolute atomic E-state index is 0.309. The normalized spacial score (nSPS) is 13.8. The van der Waals surface area contributed by atoms with Gasteiger partial charge in [-0.05, 0) is 19.1 Å². The maximum Gasteiger partial charge on any atom is 0.246 e. The second-order valence-corrected chi connectivity index (χ2v) is 4.96. The summed E-state index contributed by atoms with van der Waals surface area (Å²) in [6.45, 7) is 1.04. The van der Waals surface area contributed by atoms with Gasteiger partial charge < -0.3 is 5.11 Å². The van der Waals surface area contributed by atoms with Crippen molar-refractivity contribution in [3.63, 3.8) is 0 Å². The molecule has 0 bridgehead atoms. The molecule has 16 heavy (non-hydrogen) atoms. The Kier molecular flexibility index (Phi) is 3.95. The molecule has 1 rings (SSSR count). The highest BCUT2D eigenvalue weighted by Crippen LogP contribution is 2.17. The first-order valence-corrected chi connectivity index (χ1v) is 5.94. The van der Waals surface area contributed by atoms with Crippen molar-refractivity contribution in [2.45, 2.75) is 17.9 Å². The van der Waals surface area contributed by atoms with Crippen LogP contribution >= 0.6 is 0 Å². The van der Waals surface area contributed by atoms with Crippen LogP contribution in [0.25, 0.3) is 0 Å². The molecule has 0 aromatic heterocycles. The molecule has 0 saturated heterocycles. The Balaban J connectivity index is 3.08. The average molecular weight is 251 g/mol. The minimum atomic E-state index is -4.28. The molecule has 0 amide bonds. The van der Waals surface area contributed by atoms with Gasteiger partial charge in [-0.2, -0.15) is 0 Å². The van der Waals surface area contributed by atoms with Crippen LogP contribution in [0.5, 0.6) is 0 Å². The van der Waals surface area contributed by atoms with Crippen molar-refractivity contribution in [1.29, 1.82) is 0 Å². The van der Waals surface area contributed by atoms with Crippen molar-refractivity contribution >= 4 is 10.0 Å². The van der Waals surface area contributed by atoms with Crippen LogP contribution in [0.15, 0.2) is 23.1 Å². The van der Waals surface area contributed by atoms with Crippen molar-refractivity contribution in [3.8, 4) is 0 Å². The lowest BCUT2D eigenvalue weighted by molar-refractivity contribution is 0.198. The van der Waals surface area contributed by atoms with Gasteiger partial charge in [0, 0.05) is 6.54 Å². The van der Waals surface area contributed by atoms with E-state index < -0.39 is 32.7 Å². The molecule has 0 radical (unpaired) electrons. The number of halogens is 2. The fourth-order valence-corrected chi connectivity index (χ4v) is 2.30. The zero-order chi connectivity index (χ0) is 12.3. The second-order valence-electron chi connectivity index (χ2n) is 3.25. The summed E-state index contributed by atoms with van der Waals surface area (Å²) in [4.78, 5) is -1.03. The molecule has 1 atom stereocenters. The zero-order valence-electron chi connectivity index (χ0n) is 8.44. The Morgan fingerprint density at radius 1 is 1.38 bits per heavy atom. The van der Waals surface area contributed by atoms with E-state index in [1.807, 2.05) is 4.72 Å². The van der Waals surface area contributed by atoms with Crippen molar-refractivity contribution < 1.29 is 22.3 Å². The Morgan fingerprint density at radius 2 is 1.88 bits per heavy atom. The monoisotopic (exact) mass is 251 g/mol. The van der Waals surface area contributed by atoms with E-state index >= 15 is 0 Å². The van der Waals surface area contributed by atoms with Gasteiger partial charge in [-0.3, -0.25) is 0 Å². The predicted molar refractivity (Wildman–Crippen MR) is 53.2 cm³/mol. The lowest BCUT2D eigenvalue weighted by Gasteiger charge is -2.09. The van der Waals surface area contributed by atoms with Crippen molar-refractivity contribution in [1.82, 2.24) is 4.72 Å². The molecule has 0 saturated carbocycles. The molecule has 2 N–H and O–H groups in total. The van der Waals surface area contributed by atoms with Crippen LogP contribution in [0.2, 0.25) is 0 Å². The molecule has 0 heterocycles. The van der Waals surface area contributed by atoms with Crippen LogP contribution in [0.3, 0.4) is 0 Å². The maximum atomic E-state index is 13.1. The summed E-state index contributed by atoms with van der Waals surface area (Å²) >= 11 is 0. The Labute approximate surface area is 92.0 Å². The van der Waals surface area contributed by atoms with Crippen LogP contribution < -0.4 is 4.72 Å². The van der Waals surface area contributed by atoms with Crippen LogP contribution in [0.1, 0.15) is 6.92 Å². The van der Waals surface area contributed by atoms with Gasteiger partial charge in [-0.15, -0.1) is 0 Å². The highest BCUT2D eigenvalue weighted by Gasteiger charge is 2.23. The summed E-state index contributed by atoms with van der Waals surface area (Å²) in [6, 6.07) is 2.76. The first kappa shape index (κ1) is 13.0. The molecule has 4 nitrogen and oxygen atoms in total. The van der Waals surface area contributed by atoms with E-state index in [-0.39, 0.29) is 6.54 Å². The van der Waals surface area contributed by atoms with E-state index in [9.17, 15) is 17.2 Å². The Hall–Kier alpha value is -1.05. The fraction of sp³-hybridized carbons (Fsp3) is 0.333. The number of hydrogen-bond donors (Lipinski definition) is 2. The van der Waals surface area contributed by atoms with E-state index in [2.05, 4.69) is 0 Å². The van der Waals surface area contributed by atoms with Crippen LogP contribution in [0.4, 0.5) is 8.78 Å². The summed E-state index contributed by atoms with van der Waals surface area (Å²) in [5, 5.41) is 8.89. The third-order valence-electron chi connectivity index (χ3n) is 1.76. The summed E-state index contributed by atoms with van der Waals surface area (Å²) in [6.07, 6.45) is -0.940. The summed E-state index contributed by atoms with van der Waals surface area (Å²) in [5.41, 5.74) is 0. The van der Waals surface area contributed by atoms with Gasteiger partial charge in [-0.1, -0.05) is 6.07 Å². The molecule has 90 valence electrons. The molecular formula is C9H11F2NO3S. The molecule has 0 fully saturated rings. The molecule has 7 heteroatoms. The zero-order valence-corrected chi connectivity index (χ0v) is 9.26. The van der Waals surface area contributed by atoms with Crippen LogP contribution in [-0.4, -0.2) is 26.2 Å². The van der Waals surface area contributed by atoms with Gasteiger partial charge in [0.05, 0.1) is 6.10 Å². The molecule has 0 aliphatic carbocycles. The van der Waals surface area contributed by atoms with Crippen molar-refractivity contribution in [2.24, 2.45) is 0 Å².